The monoisotopic (exact) mass is 486 g/mol. The third kappa shape index (κ3) is 5.16. The number of nitrogens with one attached hydrogen (secondary N) is 1. The molecule has 3 heterocycles. The van der Waals surface area contributed by atoms with Crippen LogP contribution >= 0.6 is 0 Å². The molecule has 186 valence electrons. The first kappa shape index (κ1) is 23.7. The summed E-state index contributed by atoms with van der Waals surface area (Å²) in [6.07, 6.45) is 4.78. The van der Waals surface area contributed by atoms with Crippen LogP contribution in [0, 0.1) is 0 Å². The number of benzene rings is 2. The number of hydrogen-bond donors (Lipinski definition) is 2. The van der Waals surface area contributed by atoms with E-state index in [9.17, 15) is 4.79 Å². The van der Waals surface area contributed by atoms with E-state index in [4.69, 9.17) is 25.3 Å². The number of fused-ring (bicyclic) bond motifs is 1. The number of rotatable bonds is 7. The van der Waals surface area contributed by atoms with Gasteiger partial charge in [-0.2, -0.15) is 5.10 Å². The number of nitrogens with two attached hydrogens (primary N) is 1. The maximum Gasteiger partial charge on any atom is 0.312 e. The van der Waals surface area contributed by atoms with Crippen LogP contribution in [-0.2, 0) is 11.3 Å². The molecule has 5 rings (SSSR count). The summed E-state index contributed by atoms with van der Waals surface area (Å²) in [5, 5.41) is 8.47. The number of ether oxygens (including phenoxy) is 2. The van der Waals surface area contributed by atoms with E-state index < -0.39 is 6.03 Å². The Morgan fingerprint density at radius 2 is 2.03 bits per heavy atom. The maximum atomic E-state index is 11.0. The summed E-state index contributed by atoms with van der Waals surface area (Å²) in [5.41, 5.74) is 9.48. The molecule has 0 bridgehead atoms. The van der Waals surface area contributed by atoms with Crippen molar-refractivity contribution in [3.63, 3.8) is 0 Å². The predicted molar refractivity (Wildman–Crippen MR) is 137 cm³/mol. The lowest BCUT2D eigenvalue weighted by atomic mass is 10.1. The average Bonchev–Trinajstić information content (AvgIpc) is 3.27. The van der Waals surface area contributed by atoms with Gasteiger partial charge in [-0.15, -0.1) is 0 Å². The van der Waals surface area contributed by atoms with Gasteiger partial charge in [-0.25, -0.2) is 19.4 Å². The summed E-state index contributed by atoms with van der Waals surface area (Å²) in [7, 11) is 0. The van der Waals surface area contributed by atoms with Crippen molar-refractivity contribution >= 4 is 16.9 Å². The van der Waals surface area contributed by atoms with E-state index in [1.54, 1.807) is 6.20 Å². The van der Waals surface area contributed by atoms with Crippen LogP contribution in [0.2, 0.25) is 0 Å². The number of carbonyl (C=O) groups is 1. The highest BCUT2D eigenvalue weighted by Crippen LogP contribution is 2.34. The minimum Gasteiger partial charge on any atom is -0.491 e. The number of amides is 2. The quantitative estimate of drug-likeness (QED) is 0.387. The van der Waals surface area contributed by atoms with Crippen molar-refractivity contribution in [2.75, 3.05) is 6.61 Å². The van der Waals surface area contributed by atoms with Crippen molar-refractivity contribution in [3.8, 4) is 28.5 Å². The molecular weight excluding hydrogens is 456 g/mol. The number of nitrogens with zero attached hydrogens (tertiary/aromatic N) is 4. The van der Waals surface area contributed by atoms with Crippen LogP contribution < -0.4 is 15.8 Å². The second-order valence-corrected chi connectivity index (χ2v) is 9.14. The minimum absolute atomic E-state index is 0.0587. The summed E-state index contributed by atoms with van der Waals surface area (Å²) in [6.45, 7) is 5.11. The Morgan fingerprint density at radius 3 is 2.75 bits per heavy atom. The molecule has 1 unspecified atom stereocenters. The number of aromatic nitrogens is 4. The fraction of sp³-hybridized carbons (Fsp3) is 0.333. The van der Waals surface area contributed by atoms with Gasteiger partial charge in [-0.1, -0.05) is 24.3 Å². The fourth-order valence-corrected chi connectivity index (χ4v) is 4.38. The second kappa shape index (κ2) is 10.3. The predicted octanol–water partition coefficient (Wildman–Crippen LogP) is 4.81. The molecule has 0 saturated carbocycles. The van der Waals surface area contributed by atoms with Crippen LogP contribution in [0.4, 0.5) is 4.79 Å². The zero-order valence-electron chi connectivity index (χ0n) is 20.5. The van der Waals surface area contributed by atoms with Gasteiger partial charge >= 0.3 is 6.03 Å². The number of urea groups is 1. The van der Waals surface area contributed by atoms with E-state index in [0.717, 1.165) is 59.3 Å². The molecule has 1 fully saturated rings. The Labute approximate surface area is 209 Å². The Hall–Kier alpha value is -3.98. The van der Waals surface area contributed by atoms with Crippen LogP contribution in [0.5, 0.6) is 5.75 Å². The van der Waals surface area contributed by atoms with Crippen molar-refractivity contribution < 1.29 is 14.3 Å². The van der Waals surface area contributed by atoms with E-state index >= 15 is 0 Å². The highest BCUT2D eigenvalue weighted by atomic mass is 16.5. The number of primary amides is 1. The van der Waals surface area contributed by atoms with Gasteiger partial charge in [0.15, 0.2) is 12.1 Å². The first-order valence-electron chi connectivity index (χ1n) is 12.2. The zero-order chi connectivity index (χ0) is 25.1. The highest BCUT2D eigenvalue weighted by Gasteiger charge is 2.23. The van der Waals surface area contributed by atoms with Gasteiger partial charge in [0.2, 0.25) is 0 Å². The molecule has 1 saturated heterocycles. The zero-order valence-corrected chi connectivity index (χ0v) is 20.5. The van der Waals surface area contributed by atoms with E-state index in [-0.39, 0.29) is 12.3 Å². The average molecular weight is 487 g/mol. The molecule has 1 aliphatic rings. The third-order valence-electron chi connectivity index (χ3n) is 6.06. The smallest absolute Gasteiger partial charge is 0.312 e. The van der Waals surface area contributed by atoms with Gasteiger partial charge in [-0.05, 0) is 62.9 Å². The Kier molecular flexibility index (Phi) is 6.81. The lowest BCUT2D eigenvalue weighted by Crippen LogP contribution is -2.28. The summed E-state index contributed by atoms with van der Waals surface area (Å²) in [5.74, 6) is 1.31. The summed E-state index contributed by atoms with van der Waals surface area (Å²) in [4.78, 5) is 20.4. The molecule has 0 aliphatic carbocycles. The Bertz CT molecular complexity index is 1360. The van der Waals surface area contributed by atoms with Crippen LogP contribution in [0.15, 0.2) is 54.7 Å². The van der Waals surface area contributed by atoms with Gasteiger partial charge in [0, 0.05) is 30.3 Å². The topological polar surface area (TPSA) is 117 Å². The van der Waals surface area contributed by atoms with Crippen LogP contribution in [0.1, 0.15) is 44.9 Å². The van der Waals surface area contributed by atoms with E-state index in [1.165, 1.54) is 0 Å². The van der Waals surface area contributed by atoms with Crippen molar-refractivity contribution in [2.24, 2.45) is 5.73 Å². The standard InChI is InChI=1S/C27H30N6O3/c1-17(2)36-20-10-11-23-21(15-20)25(32-33(23)24-5-3-4-14-35-24)26-29-13-12-22(31-26)19-8-6-18(7-9-19)16-30-27(28)34/h6-13,15,17,24H,3-5,14,16H2,1-2H3,(H3,28,30,34). The molecule has 0 radical (unpaired) electrons. The molecule has 2 amide bonds. The molecule has 4 aromatic rings. The van der Waals surface area contributed by atoms with Crippen LogP contribution in [0.25, 0.3) is 33.7 Å². The SMILES string of the molecule is CC(C)Oc1ccc2c(c1)c(-c1nccc(-c3ccc(CNC(N)=O)cc3)n1)nn2C1CCCCO1. The molecule has 1 atom stereocenters. The summed E-state index contributed by atoms with van der Waals surface area (Å²) < 4.78 is 14.0. The first-order valence-corrected chi connectivity index (χ1v) is 12.2. The Balaban J connectivity index is 1.53. The lowest BCUT2D eigenvalue weighted by Gasteiger charge is -2.23. The van der Waals surface area contributed by atoms with E-state index in [0.29, 0.717) is 18.1 Å². The lowest BCUT2D eigenvalue weighted by molar-refractivity contribution is -0.0365. The molecule has 3 N–H and O–H groups in total. The molecule has 2 aromatic heterocycles. The fourth-order valence-electron chi connectivity index (χ4n) is 4.38. The number of carbonyl (C=O) groups excluding carboxylic acids is 1. The second-order valence-electron chi connectivity index (χ2n) is 9.14. The molecular formula is C27H30N6O3. The first-order chi connectivity index (χ1) is 17.5. The van der Waals surface area contributed by atoms with Gasteiger partial charge in [-0.3, -0.25) is 0 Å². The highest BCUT2D eigenvalue weighted by molar-refractivity contribution is 5.93. The van der Waals surface area contributed by atoms with E-state index in [2.05, 4.69) is 10.3 Å². The largest absolute Gasteiger partial charge is 0.491 e. The third-order valence-corrected chi connectivity index (χ3v) is 6.06. The molecule has 9 heteroatoms. The Morgan fingerprint density at radius 1 is 1.19 bits per heavy atom. The summed E-state index contributed by atoms with van der Waals surface area (Å²) >= 11 is 0. The van der Waals surface area contributed by atoms with Crippen molar-refractivity contribution in [2.45, 2.75) is 52.0 Å². The molecule has 36 heavy (non-hydrogen) atoms. The van der Waals surface area contributed by atoms with Gasteiger partial charge in [0.05, 0.1) is 17.3 Å². The number of hydrogen-bond acceptors (Lipinski definition) is 6. The van der Waals surface area contributed by atoms with Gasteiger partial charge < -0.3 is 20.5 Å². The molecule has 2 aromatic carbocycles. The van der Waals surface area contributed by atoms with Crippen molar-refractivity contribution in [1.82, 2.24) is 25.1 Å². The maximum absolute atomic E-state index is 11.0. The summed E-state index contributed by atoms with van der Waals surface area (Å²) in [6, 6.07) is 15.1. The molecule has 9 nitrogen and oxygen atoms in total. The van der Waals surface area contributed by atoms with Crippen molar-refractivity contribution in [3.05, 3.63) is 60.3 Å². The van der Waals surface area contributed by atoms with Gasteiger partial charge in [0.1, 0.15) is 11.4 Å². The minimum atomic E-state index is -0.549. The normalized spacial score (nSPS) is 15.8. The molecule has 1 aliphatic heterocycles. The molecule has 0 spiro atoms. The van der Waals surface area contributed by atoms with Crippen molar-refractivity contribution in [1.29, 1.82) is 0 Å². The van der Waals surface area contributed by atoms with E-state index in [1.807, 2.05) is 67.1 Å². The van der Waals surface area contributed by atoms with Crippen LogP contribution in [0.3, 0.4) is 0 Å². The van der Waals surface area contributed by atoms with Crippen LogP contribution in [-0.4, -0.2) is 38.5 Å². The van der Waals surface area contributed by atoms with Gasteiger partial charge in [0.25, 0.3) is 0 Å².